The van der Waals surface area contributed by atoms with Crippen LogP contribution in [0.25, 0.3) is 0 Å². The Balaban J connectivity index is 1.49. The van der Waals surface area contributed by atoms with E-state index in [4.69, 9.17) is 5.73 Å². The molecule has 1 saturated heterocycles. The highest BCUT2D eigenvalue weighted by Gasteiger charge is 2.26. The fourth-order valence-corrected chi connectivity index (χ4v) is 4.04. The molecular weight excluding hydrogens is 330 g/mol. The molecule has 1 aliphatic heterocycles. The van der Waals surface area contributed by atoms with Crippen molar-refractivity contribution in [1.82, 2.24) is 20.0 Å². The minimum Gasteiger partial charge on any atom is -0.352 e. The number of piperidine rings is 1. The zero-order valence-electron chi connectivity index (χ0n) is 15.7. The Hall–Kier alpha value is -1.89. The van der Waals surface area contributed by atoms with E-state index in [0.717, 1.165) is 38.8 Å². The lowest BCUT2D eigenvalue weighted by molar-refractivity contribution is -0.122. The van der Waals surface area contributed by atoms with Gasteiger partial charge in [0.25, 0.3) is 5.91 Å². The largest absolute Gasteiger partial charge is 0.352 e. The topological polar surface area (TPSA) is 93.2 Å². The molecule has 0 spiro atoms. The Labute approximate surface area is 155 Å². The summed E-state index contributed by atoms with van der Waals surface area (Å²) in [6.45, 7) is 3.66. The van der Waals surface area contributed by atoms with Gasteiger partial charge in [0.05, 0.1) is 11.8 Å². The van der Waals surface area contributed by atoms with Crippen LogP contribution in [-0.4, -0.2) is 51.7 Å². The summed E-state index contributed by atoms with van der Waals surface area (Å²) >= 11 is 0. The number of amides is 2. The first-order chi connectivity index (χ1) is 12.5. The first-order valence-electron chi connectivity index (χ1n) is 9.89. The summed E-state index contributed by atoms with van der Waals surface area (Å²) in [6.07, 6.45) is 10.9. The number of rotatable bonds is 5. The number of hydrogen-bond donors (Lipinski definition) is 2. The predicted octanol–water partition coefficient (Wildman–Crippen LogP) is 1.53. The molecule has 3 N–H and O–H groups in total. The number of carbonyl (C=O) groups excluding carboxylic acids is 2. The van der Waals surface area contributed by atoms with Crippen LogP contribution in [0.3, 0.4) is 0 Å². The Bertz CT molecular complexity index is 613. The maximum absolute atomic E-state index is 12.6. The van der Waals surface area contributed by atoms with Crippen LogP contribution < -0.4 is 11.1 Å². The van der Waals surface area contributed by atoms with Gasteiger partial charge in [-0.05, 0) is 38.5 Å². The van der Waals surface area contributed by atoms with Gasteiger partial charge in [-0.15, -0.1) is 0 Å². The summed E-state index contributed by atoms with van der Waals surface area (Å²) in [4.78, 5) is 26.7. The Kier molecular flexibility index (Phi) is 6.29. The van der Waals surface area contributed by atoms with E-state index in [-0.39, 0.29) is 24.4 Å². The average Bonchev–Trinajstić information content (AvgIpc) is 3.10. The number of carbonyl (C=O) groups is 2. The molecular formula is C19H31N5O2. The van der Waals surface area contributed by atoms with E-state index in [2.05, 4.69) is 10.4 Å². The highest BCUT2D eigenvalue weighted by atomic mass is 16.2. The van der Waals surface area contributed by atoms with E-state index in [1.165, 1.54) is 19.3 Å². The van der Waals surface area contributed by atoms with Crippen molar-refractivity contribution in [2.24, 2.45) is 11.7 Å². The van der Waals surface area contributed by atoms with Gasteiger partial charge in [-0.1, -0.05) is 19.3 Å². The summed E-state index contributed by atoms with van der Waals surface area (Å²) in [7, 11) is 0. The molecule has 26 heavy (non-hydrogen) atoms. The number of hydrogen-bond acceptors (Lipinski definition) is 4. The van der Waals surface area contributed by atoms with Crippen LogP contribution in [0.2, 0.25) is 0 Å². The minimum atomic E-state index is -0.0308. The third-order valence-corrected chi connectivity index (χ3v) is 5.73. The molecule has 0 bridgehead atoms. The van der Waals surface area contributed by atoms with E-state index in [1.54, 1.807) is 17.1 Å². The van der Waals surface area contributed by atoms with Crippen LogP contribution in [-0.2, 0) is 11.3 Å². The normalized spacial score (nSPS) is 20.8. The molecule has 2 heterocycles. The number of nitrogens with two attached hydrogens (primary N) is 1. The lowest BCUT2D eigenvalue weighted by Gasteiger charge is -2.33. The number of nitrogens with zero attached hydrogens (tertiary/aromatic N) is 3. The monoisotopic (exact) mass is 361 g/mol. The van der Waals surface area contributed by atoms with Gasteiger partial charge in [0.15, 0.2) is 0 Å². The molecule has 1 aromatic heterocycles. The summed E-state index contributed by atoms with van der Waals surface area (Å²) in [5.74, 6) is 0.453. The molecule has 1 atom stereocenters. The van der Waals surface area contributed by atoms with Gasteiger partial charge in [0, 0.05) is 31.4 Å². The van der Waals surface area contributed by atoms with Crippen molar-refractivity contribution in [1.29, 1.82) is 0 Å². The molecule has 0 aromatic carbocycles. The maximum atomic E-state index is 12.6. The second kappa shape index (κ2) is 8.66. The fourth-order valence-electron chi connectivity index (χ4n) is 4.04. The Morgan fingerprint density at radius 2 is 1.92 bits per heavy atom. The third kappa shape index (κ3) is 4.84. The molecule has 3 rings (SSSR count). The Morgan fingerprint density at radius 1 is 1.23 bits per heavy atom. The van der Waals surface area contributed by atoms with Crippen LogP contribution in [0.5, 0.6) is 0 Å². The van der Waals surface area contributed by atoms with E-state index >= 15 is 0 Å². The minimum absolute atomic E-state index is 0.00735. The third-order valence-electron chi connectivity index (χ3n) is 5.73. The van der Waals surface area contributed by atoms with Crippen LogP contribution in [0.1, 0.15) is 62.2 Å². The molecule has 1 aromatic rings. The molecule has 2 aliphatic rings. The van der Waals surface area contributed by atoms with E-state index in [0.29, 0.717) is 17.5 Å². The predicted molar refractivity (Wildman–Crippen MR) is 99.5 cm³/mol. The van der Waals surface area contributed by atoms with Crippen molar-refractivity contribution in [3.8, 4) is 0 Å². The molecule has 144 valence electrons. The zero-order chi connectivity index (χ0) is 18.5. The second-order valence-corrected chi connectivity index (χ2v) is 7.82. The van der Waals surface area contributed by atoms with Crippen LogP contribution in [0.4, 0.5) is 0 Å². The van der Waals surface area contributed by atoms with Crippen LogP contribution >= 0.6 is 0 Å². The van der Waals surface area contributed by atoms with Crippen molar-refractivity contribution in [3.63, 3.8) is 0 Å². The SMILES string of the molecule is CC(N)C1CCN(C(=O)c2cnn(CC(=O)NC3CCCCC3)c2)CC1. The lowest BCUT2D eigenvalue weighted by atomic mass is 9.91. The van der Waals surface area contributed by atoms with Gasteiger partial charge in [-0.25, -0.2) is 0 Å². The highest BCUT2D eigenvalue weighted by molar-refractivity contribution is 5.93. The van der Waals surface area contributed by atoms with Crippen molar-refractivity contribution >= 4 is 11.8 Å². The van der Waals surface area contributed by atoms with Gasteiger partial charge in [0.1, 0.15) is 6.54 Å². The summed E-state index contributed by atoms with van der Waals surface area (Å²) in [6, 6.07) is 0.469. The summed E-state index contributed by atoms with van der Waals surface area (Å²) < 4.78 is 1.56. The van der Waals surface area contributed by atoms with E-state index < -0.39 is 0 Å². The van der Waals surface area contributed by atoms with Crippen molar-refractivity contribution in [3.05, 3.63) is 18.0 Å². The molecule has 2 amide bonds. The number of aromatic nitrogens is 2. The fraction of sp³-hybridized carbons (Fsp3) is 0.737. The quantitative estimate of drug-likeness (QED) is 0.832. The van der Waals surface area contributed by atoms with Gasteiger partial charge < -0.3 is 16.0 Å². The van der Waals surface area contributed by atoms with Crippen LogP contribution in [0, 0.1) is 5.92 Å². The first kappa shape index (κ1) is 18.9. The average molecular weight is 361 g/mol. The standard InChI is InChI=1S/C19H31N5O2/c1-14(20)15-7-9-23(10-8-15)19(26)16-11-21-24(12-16)13-18(25)22-17-5-3-2-4-6-17/h11-12,14-15,17H,2-10,13,20H2,1H3,(H,22,25). The van der Waals surface area contributed by atoms with Gasteiger partial charge in [-0.3, -0.25) is 14.3 Å². The lowest BCUT2D eigenvalue weighted by Crippen LogP contribution is -2.42. The summed E-state index contributed by atoms with van der Waals surface area (Å²) in [5, 5.41) is 7.27. The van der Waals surface area contributed by atoms with Gasteiger partial charge in [-0.2, -0.15) is 5.10 Å². The molecule has 1 aliphatic carbocycles. The van der Waals surface area contributed by atoms with Crippen molar-refractivity contribution < 1.29 is 9.59 Å². The van der Waals surface area contributed by atoms with Gasteiger partial charge >= 0.3 is 0 Å². The molecule has 7 nitrogen and oxygen atoms in total. The molecule has 1 saturated carbocycles. The first-order valence-corrected chi connectivity index (χ1v) is 9.89. The number of nitrogens with one attached hydrogen (secondary N) is 1. The second-order valence-electron chi connectivity index (χ2n) is 7.82. The number of likely N-dealkylation sites (tertiary alicyclic amines) is 1. The zero-order valence-corrected chi connectivity index (χ0v) is 15.7. The van der Waals surface area contributed by atoms with Gasteiger partial charge in [0.2, 0.25) is 5.91 Å². The van der Waals surface area contributed by atoms with Crippen molar-refractivity contribution in [2.45, 2.75) is 70.5 Å². The molecule has 2 fully saturated rings. The van der Waals surface area contributed by atoms with E-state index in [1.807, 2.05) is 11.8 Å². The molecule has 1 unspecified atom stereocenters. The molecule has 7 heteroatoms. The molecule has 0 radical (unpaired) electrons. The highest BCUT2D eigenvalue weighted by Crippen LogP contribution is 2.21. The smallest absolute Gasteiger partial charge is 0.257 e. The summed E-state index contributed by atoms with van der Waals surface area (Å²) in [5.41, 5.74) is 6.51. The van der Waals surface area contributed by atoms with E-state index in [9.17, 15) is 9.59 Å². The maximum Gasteiger partial charge on any atom is 0.257 e. The Morgan fingerprint density at radius 3 is 2.58 bits per heavy atom. The van der Waals surface area contributed by atoms with Crippen molar-refractivity contribution in [2.75, 3.05) is 13.1 Å². The van der Waals surface area contributed by atoms with Crippen LogP contribution in [0.15, 0.2) is 12.4 Å².